The highest BCUT2D eigenvalue weighted by molar-refractivity contribution is 5.65. The molecule has 0 heterocycles. The van der Waals surface area contributed by atoms with Gasteiger partial charge in [0.1, 0.15) is 11.4 Å². The summed E-state index contributed by atoms with van der Waals surface area (Å²) in [7, 11) is 0. The van der Waals surface area contributed by atoms with Crippen molar-refractivity contribution in [3.63, 3.8) is 0 Å². The molecule has 0 spiro atoms. The summed E-state index contributed by atoms with van der Waals surface area (Å²) in [4.78, 5) is 10.8. The number of hydrogen-bond acceptors (Lipinski definition) is 3. The van der Waals surface area contributed by atoms with E-state index in [0.717, 1.165) is 12.1 Å². The Labute approximate surface area is 131 Å². The first kappa shape index (κ1) is 17.5. The van der Waals surface area contributed by atoms with Crippen LogP contribution in [0.5, 0.6) is 0 Å². The SMILES string of the molecule is CC(C)(CNC1(c2ccc(F)c(C(F)(F)F)c2)CC1)OC(N)=O. The van der Waals surface area contributed by atoms with Crippen molar-refractivity contribution in [1.82, 2.24) is 5.32 Å². The highest BCUT2D eigenvalue weighted by Crippen LogP contribution is 2.47. The van der Waals surface area contributed by atoms with Gasteiger partial charge in [0.05, 0.1) is 5.56 Å². The molecule has 1 aromatic rings. The number of carbonyl (C=O) groups is 1. The lowest BCUT2D eigenvalue weighted by atomic mass is 10.00. The number of rotatable bonds is 5. The Hall–Kier alpha value is -1.83. The van der Waals surface area contributed by atoms with Gasteiger partial charge >= 0.3 is 12.3 Å². The Balaban J connectivity index is 2.17. The molecule has 0 unspecified atom stereocenters. The molecule has 0 bridgehead atoms. The average Bonchev–Trinajstić information content (AvgIpc) is 3.15. The van der Waals surface area contributed by atoms with E-state index in [1.54, 1.807) is 13.8 Å². The van der Waals surface area contributed by atoms with Crippen molar-refractivity contribution in [3.05, 3.63) is 35.1 Å². The normalized spacial score (nSPS) is 17.0. The van der Waals surface area contributed by atoms with Crippen LogP contribution < -0.4 is 11.1 Å². The second-order valence-corrected chi connectivity index (χ2v) is 6.31. The summed E-state index contributed by atoms with van der Waals surface area (Å²) < 4.78 is 56.8. The monoisotopic (exact) mass is 334 g/mol. The predicted molar refractivity (Wildman–Crippen MR) is 75.1 cm³/mol. The molecule has 128 valence electrons. The zero-order valence-electron chi connectivity index (χ0n) is 12.8. The molecule has 2 rings (SSSR count). The highest BCUT2D eigenvalue weighted by atomic mass is 19.4. The quantitative estimate of drug-likeness (QED) is 0.812. The lowest BCUT2D eigenvalue weighted by Gasteiger charge is -2.28. The van der Waals surface area contributed by atoms with Crippen LogP contribution >= 0.6 is 0 Å². The fourth-order valence-corrected chi connectivity index (χ4v) is 2.42. The van der Waals surface area contributed by atoms with Crippen LogP contribution in [-0.4, -0.2) is 18.2 Å². The van der Waals surface area contributed by atoms with Crippen LogP contribution in [0.2, 0.25) is 0 Å². The van der Waals surface area contributed by atoms with Crippen molar-refractivity contribution >= 4 is 6.09 Å². The van der Waals surface area contributed by atoms with Crippen LogP contribution in [0, 0.1) is 5.82 Å². The van der Waals surface area contributed by atoms with Crippen LogP contribution in [0.15, 0.2) is 18.2 Å². The van der Waals surface area contributed by atoms with Gasteiger partial charge in [0, 0.05) is 12.1 Å². The van der Waals surface area contributed by atoms with Crippen LogP contribution in [-0.2, 0) is 16.5 Å². The number of hydrogen-bond donors (Lipinski definition) is 2. The van der Waals surface area contributed by atoms with Gasteiger partial charge in [0.25, 0.3) is 0 Å². The summed E-state index contributed by atoms with van der Waals surface area (Å²) in [6.45, 7) is 3.47. The third kappa shape index (κ3) is 4.13. The third-order valence-electron chi connectivity index (χ3n) is 3.80. The molecule has 23 heavy (non-hydrogen) atoms. The van der Waals surface area contributed by atoms with Gasteiger partial charge in [-0.3, -0.25) is 0 Å². The van der Waals surface area contributed by atoms with Crippen molar-refractivity contribution in [3.8, 4) is 0 Å². The van der Waals surface area contributed by atoms with E-state index in [0.29, 0.717) is 18.4 Å². The maximum atomic E-state index is 13.4. The summed E-state index contributed by atoms with van der Waals surface area (Å²) in [5, 5.41) is 3.11. The number of benzene rings is 1. The molecule has 0 aliphatic heterocycles. The standard InChI is InChI=1S/C15H18F4N2O2/c1-13(2,23-12(20)22)8-21-14(5-6-14)9-3-4-11(16)10(7-9)15(17,18)19/h3-4,7,21H,5-6,8H2,1-2H3,(H2,20,22). The zero-order chi connectivity index (χ0) is 17.5. The number of primary amides is 1. The summed E-state index contributed by atoms with van der Waals surface area (Å²) in [6.07, 6.45) is -4.45. The van der Waals surface area contributed by atoms with Gasteiger partial charge in [-0.05, 0) is 44.4 Å². The number of nitrogens with two attached hydrogens (primary N) is 1. The molecule has 3 N–H and O–H groups in total. The summed E-state index contributed by atoms with van der Waals surface area (Å²) >= 11 is 0. The van der Waals surface area contributed by atoms with E-state index in [9.17, 15) is 22.4 Å². The zero-order valence-corrected chi connectivity index (χ0v) is 12.8. The largest absolute Gasteiger partial charge is 0.442 e. The van der Waals surface area contributed by atoms with Gasteiger partial charge in [-0.1, -0.05) is 6.07 Å². The number of carbonyl (C=O) groups excluding carboxylic acids is 1. The second kappa shape index (κ2) is 5.67. The van der Waals surface area contributed by atoms with Crippen LogP contribution in [0.4, 0.5) is 22.4 Å². The Morgan fingerprint density at radius 1 is 1.35 bits per heavy atom. The first-order valence-corrected chi connectivity index (χ1v) is 7.06. The summed E-state index contributed by atoms with van der Waals surface area (Å²) in [5.41, 5.74) is 2.48. The minimum Gasteiger partial charge on any atom is -0.442 e. The molecule has 0 atom stereocenters. The molecule has 1 fully saturated rings. The molecule has 8 heteroatoms. The van der Waals surface area contributed by atoms with E-state index < -0.39 is 34.8 Å². The average molecular weight is 334 g/mol. The van der Waals surface area contributed by atoms with E-state index in [-0.39, 0.29) is 6.54 Å². The van der Waals surface area contributed by atoms with E-state index in [1.807, 2.05) is 0 Å². The van der Waals surface area contributed by atoms with Crippen molar-refractivity contribution < 1.29 is 27.1 Å². The van der Waals surface area contributed by atoms with Crippen molar-refractivity contribution in [2.24, 2.45) is 5.73 Å². The van der Waals surface area contributed by atoms with Crippen molar-refractivity contribution in [2.45, 2.75) is 44.0 Å². The Kier molecular flexibility index (Phi) is 4.32. The van der Waals surface area contributed by atoms with Crippen molar-refractivity contribution in [2.75, 3.05) is 6.54 Å². The van der Waals surface area contributed by atoms with Gasteiger partial charge < -0.3 is 15.8 Å². The smallest absolute Gasteiger partial charge is 0.419 e. The number of halogens is 4. The Bertz CT molecular complexity index is 610. The van der Waals surface area contributed by atoms with Crippen LogP contribution in [0.3, 0.4) is 0 Å². The van der Waals surface area contributed by atoms with Crippen LogP contribution in [0.25, 0.3) is 0 Å². The van der Waals surface area contributed by atoms with Gasteiger partial charge in [0.2, 0.25) is 0 Å². The summed E-state index contributed by atoms with van der Waals surface area (Å²) in [6, 6.07) is 2.99. The maximum absolute atomic E-state index is 13.4. The van der Waals surface area contributed by atoms with E-state index >= 15 is 0 Å². The van der Waals surface area contributed by atoms with Crippen molar-refractivity contribution in [1.29, 1.82) is 0 Å². The number of alkyl halides is 3. The van der Waals surface area contributed by atoms with E-state index in [1.165, 1.54) is 6.07 Å². The first-order valence-electron chi connectivity index (χ1n) is 7.06. The maximum Gasteiger partial charge on any atom is 0.419 e. The fraction of sp³-hybridized carbons (Fsp3) is 0.533. The van der Waals surface area contributed by atoms with E-state index in [4.69, 9.17) is 10.5 Å². The predicted octanol–water partition coefficient (Wildman–Crippen LogP) is 3.30. The topological polar surface area (TPSA) is 64.3 Å². The number of amides is 1. The van der Waals surface area contributed by atoms with Gasteiger partial charge in [0.15, 0.2) is 0 Å². The highest BCUT2D eigenvalue weighted by Gasteiger charge is 2.46. The molecule has 4 nitrogen and oxygen atoms in total. The number of ether oxygens (including phenoxy) is 1. The molecule has 1 amide bonds. The van der Waals surface area contributed by atoms with E-state index in [2.05, 4.69) is 5.32 Å². The second-order valence-electron chi connectivity index (χ2n) is 6.31. The minimum atomic E-state index is -4.75. The minimum absolute atomic E-state index is 0.203. The molecule has 0 saturated heterocycles. The molecule has 1 aromatic carbocycles. The lowest BCUT2D eigenvalue weighted by Crippen LogP contribution is -2.44. The third-order valence-corrected chi connectivity index (χ3v) is 3.80. The molecule has 0 aromatic heterocycles. The molecule has 0 radical (unpaired) electrons. The molecule has 1 aliphatic carbocycles. The van der Waals surface area contributed by atoms with Gasteiger partial charge in [-0.25, -0.2) is 9.18 Å². The lowest BCUT2D eigenvalue weighted by molar-refractivity contribution is -0.140. The Morgan fingerprint density at radius 2 is 1.96 bits per heavy atom. The fourth-order valence-electron chi connectivity index (χ4n) is 2.42. The Morgan fingerprint density at radius 3 is 2.43 bits per heavy atom. The number of nitrogens with one attached hydrogen (secondary N) is 1. The molecular formula is C15H18F4N2O2. The summed E-state index contributed by atoms with van der Waals surface area (Å²) in [5.74, 6) is -1.30. The molecule has 1 aliphatic rings. The van der Waals surface area contributed by atoms with Gasteiger partial charge in [-0.2, -0.15) is 13.2 Å². The van der Waals surface area contributed by atoms with Gasteiger partial charge in [-0.15, -0.1) is 0 Å². The molecular weight excluding hydrogens is 316 g/mol. The first-order chi connectivity index (χ1) is 10.5. The molecule has 1 saturated carbocycles. The van der Waals surface area contributed by atoms with Crippen LogP contribution in [0.1, 0.15) is 37.8 Å².